The van der Waals surface area contributed by atoms with E-state index in [9.17, 15) is 4.79 Å². The number of piperazine rings is 1. The molecule has 0 bridgehead atoms. The lowest BCUT2D eigenvalue weighted by atomic mass is 10.2. The highest BCUT2D eigenvalue weighted by Crippen LogP contribution is 2.23. The molecular weight excluding hydrogens is 366 g/mol. The molecule has 0 aliphatic carbocycles. The van der Waals surface area contributed by atoms with Crippen LogP contribution in [0.4, 0.5) is 11.4 Å². The Morgan fingerprint density at radius 2 is 1.41 bits per heavy atom. The van der Waals surface area contributed by atoms with Crippen LogP contribution in [0.2, 0.25) is 0 Å². The number of ether oxygens (including phenoxy) is 2. The van der Waals surface area contributed by atoms with Gasteiger partial charge in [-0.1, -0.05) is 0 Å². The lowest BCUT2D eigenvalue weighted by molar-refractivity contribution is -0.157. The van der Waals surface area contributed by atoms with Gasteiger partial charge in [0.2, 0.25) is 0 Å². The molecule has 0 unspecified atom stereocenters. The molecular formula is C23H27N3O3. The van der Waals surface area contributed by atoms with E-state index in [-0.39, 0.29) is 12.6 Å². The van der Waals surface area contributed by atoms with E-state index >= 15 is 0 Å². The van der Waals surface area contributed by atoms with E-state index in [4.69, 9.17) is 14.7 Å². The van der Waals surface area contributed by atoms with Crippen molar-refractivity contribution in [3.63, 3.8) is 0 Å². The number of hydrogen-bond acceptors (Lipinski definition) is 6. The number of benzene rings is 2. The first-order chi connectivity index (χ1) is 13.8. The molecule has 6 nitrogen and oxygen atoms in total. The standard InChI is InChI=1S/C23H27N3O3/c1-23(2,3)29-22(27)17-28-21-10-8-20(9-11-21)26-14-12-25(13-15-26)19-6-4-18(16-24)5-7-19/h4-11H,12-15,17H2,1-3H3. The maximum atomic E-state index is 11.8. The Hall–Kier alpha value is -3.20. The zero-order chi connectivity index (χ0) is 20.9. The molecule has 1 saturated heterocycles. The Balaban J connectivity index is 1.49. The molecule has 0 spiro atoms. The molecule has 152 valence electrons. The van der Waals surface area contributed by atoms with Gasteiger partial charge in [-0.05, 0) is 69.3 Å². The van der Waals surface area contributed by atoms with Gasteiger partial charge in [0.1, 0.15) is 11.4 Å². The average molecular weight is 393 g/mol. The third-order valence-corrected chi connectivity index (χ3v) is 4.62. The normalized spacial score (nSPS) is 14.3. The van der Waals surface area contributed by atoms with Crippen molar-refractivity contribution >= 4 is 17.3 Å². The Kier molecular flexibility index (Phi) is 6.28. The van der Waals surface area contributed by atoms with Gasteiger partial charge in [0, 0.05) is 37.6 Å². The summed E-state index contributed by atoms with van der Waals surface area (Å²) in [4.78, 5) is 16.4. The van der Waals surface area contributed by atoms with E-state index in [0.29, 0.717) is 11.3 Å². The van der Waals surface area contributed by atoms with Crippen molar-refractivity contribution in [2.24, 2.45) is 0 Å². The van der Waals surface area contributed by atoms with Crippen LogP contribution in [0, 0.1) is 11.3 Å². The molecule has 3 rings (SSSR count). The zero-order valence-electron chi connectivity index (χ0n) is 17.2. The summed E-state index contributed by atoms with van der Waals surface area (Å²) in [7, 11) is 0. The Morgan fingerprint density at radius 1 is 0.931 bits per heavy atom. The predicted molar refractivity (Wildman–Crippen MR) is 113 cm³/mol. The Morgan fingerprint density at radius 3 is 1.86 bits per heavy atom. The van der Waals surface area contributed by atoms with Crippen LogP contribution >= 0.6 is 0 Å². The second-order valence-corrected chi connectivity index (χ2v) is 8.00. The van der Waals surface area contributed by atoms with Gasteiger partial charge in [-0.3, -0.25) is 0 Å². The Bertz CT molecular complexity index is 856. The molecule has 2 aromatic rings. The van der Waals surface area contributed by atoms with E-state index in [1.165, 1.54) is 0 Å². The van der Waals surface area contributed by atoms with E-state index < -0.39 is 5.60 Å². The molecule has 2 aromatic carbocycles. The maximum Gasteiger partial charge on any atom is 0.344 e. The fourth-order valence-electron chi connectivity index (χ4n) is 3.24. The third-order valence-electron chi connectivity index (χ3n) is 4.62. The fraction of sp³-hybridized carbons (Fsp3) is 0.391. The molecule has 0 amide bonds. The molecule has 6 heteroatoms. The average Bonchev–Trinajstić information content (AvgIpc) is 2.72. The second-order valence-electron chi connectivity index (χ2n) is 8.00. The fourth-order valence-corrected chi connectivity index (χ4v) is 3.24. The van der Waals surface area contributed by atoms with Crippen molar-refractivity contribution in [2.75, 3.05) is 42.6 Å². The highest BCUT2D eigenvalue weighted by Gasteiger charge is 2.18. The van der Waals surface area contributed by atoms with Crippen molar-refractivity contribution in [1.82, 2.24) is 0 Å². The van der Waals surface area contributed by atoms with Gasteiger partial charge in [0.25, 0.3) is 0 Å². The topological polar surface area (TPSA) is 65.8 Å². The number of hydrogen-bond donors (Lipinski definition) is 0. The van der Waals surface area contributed by atoms with Crippen molar-refractivity contribution in [3.05, 3.63) is 54.1 Å². The van der Waals surface area contributed by atoms with Crippen LogP contribution in [0.25, 0.3) is 0 Å². The van der Waals surface area contributed by atoms with Gasteiger partial charge in [-0.15, -0.1) is 0 Å². The number of rotatable bonds is 5. The van der Waals surface area contributed by atoms with Crippen LogP contribution in [-0.2, 0) is 9.53 Å². The van der Waals surface area contributed by atoms with E-state index in [2.05, 4.69) is 15.9 Å². The number of nitriles is 1. The molecule has 0 saturated carbocycles. The third kappa shape index (κ3) is 5.89. The lowest BCUT2D eigenvalue weighted by Gasteiger charge is -2.37. The van der Waals surface area contributed by atoms with Crippen molar-refractivity contribution in [1.29, 1.82) is 5.26 Å². The number of nitrogens with zero attached hydrogens (tertiary/aromatic N) is 3. The summed E-state index contributed by atoms with van der Waals surface area (Å²) in [6.07, 6.45) is 0. The smallest absolute Gasteiger partial charge is 0.344 e. The summed E-state index contributed by atoms with van der Waals surface area (Å²) < 4.78 is 10.8. The minimum Gasteiger partial charge on any atom is -0.482 e. The van der Waals surface area contributed by atoms with Gasteiger partial charge < -0.3 is 19.3 Å². The maximum absolute atomic E-state index is 11.8. The van der Waals surface area contributed by atoms with Crippen molar-refractivity contribution in [3.8, 4) is 11.8 Å². The lowest BCUT2D eigenvalue weighted by Crippen LogP contribution is -2.46. The number of carbonyl (C=O) groups is 1. The minimum atomic E-state index is -0.510. The summed E-state index contributed by atoms with van der Waals surface area (Å²) in [5, 5.41) is 8.92. The number of carbonyl (C=O) groups excluding carboxylic acids is 1. The summed E-state index contributed by atoms with van der Waals surface area (Å²) in [5.41, 5.74) is 2.45. The molecule has 0 N–H and O–H groups in total. The second kappa shape index (κ2) is 8.87. The summed E-state index contributed by atoms with van der Waals surface area (Å²) in [6.45, 7) is 9.07. The van der Waals surface area contributed by atoms with Crippen LogP contribution in [0.3, 0.4) is 0 Å². The predicted octanol–water partition coefficient (Wildman–Crippen LogP) is 3.61. The number of esters is 1. The molecule has 0 aromatic heterocycles. The first-order valence-electron chi connectivity index (χ1n) is 9.79. The molecule has 0 radical (unpaired) electrons. The highest BCUT2D eigenvalue weighted by molar-refractivity contribution is 5.71. The van der Waals surface area contributed by atoms with Crippen LogP contribution in [0.5, 0.6) is 5.75 Å². The molecule has 1 heterocycles. The molecule has 0 atom stereocenters. The quantitative estimate of drug-likeness (QED) is 0.723. The SMILES string of the molecule is CC(C)(C)OC(=O)COc1ccc(N2CCN(c3ccc(C#N)cc3)CC2)cc1. The van der Waals surface area contributed by atoms with Crippen LogP contribution in [0.1, 0.15) is 26.3 Å². The summed E-state index contributed by atoms with van der Waals surface area (Å²) in [5.74, 6) is 0.274. The molecule has 29 heavy (non-hydrogen) atoms. The van der Waals surface area contributed by atoms with Gasteiger partial charge in [0.15, 0.2) is 6.61 Å². The van der Waals surface area contributed by atoms with E-state index in [0.717, 1.165) is 37.6 Å². The Labute approximate surface area is 172 Å². The number of anilines is 2. The molecule has 1 fully saturated rings. The first kappa shape index (κ1) is 20.5. The van der Waals surface area contributed by atoms with Crippen molar-refractivity contribution < 1.29 is 14.3 Å². The van der Waals surface area contributed by atoms with Crippen LogP contribution < -0.4 is 14.5 Å². The van der Waals surface area contributed by atoms with Gasteiger partial charge in [-0.25, -0.2) is 4.79 Å². The highest BCUT2D eigenvalue weighted by atomic mass is 16.6. The minimum absolute atomic E-state index is 0.0973. The van der Waals surface area contributed by atoms with Gasteiger partial charge >= 0.3 is 5.97 Å². The van der Waals surface area contributed by atoms with Crippen molar-refractivity contribution in [2.45, 2.75) is 26.4 Å². The first-order valence-corrected chi connectivity index (χ1v) is 9.79. The zero-order valence-corrected chi connectivity index (χ0v) is 17.2. The van der Waals surface area contributed by atoms with Crippen LogP contribution in [0.15, 0.2) is 48.5 Å². The summed E-state index contributed by atoms with van der Waals surface area (Å²) in [6, 6.07) is 17.7. The molecule has 1 aliphatic heterocycles. The largest absolute Gasteiger partial charge is 0.482 e. The van der Waals surface area contributed by atoms with Crippen LogP contribution in [-0.4, -0.2) is 44.4 Å². The van der Waals surface area contributed by atoms with E-state index in [1.54, 1.807) is 0 Å². The molecule has 1 aliphatic rings. The van der Waals surface area contributed by atoms with Gasteiger partial charge in [0.05, 0.1) is 11.6 Å². The van der Waals surface area contributed by atoms with Gasteiger partial charge in [-0.2, -0.15) is 5.26 Å². The summed E-state index contributed by atoms with van der Waals surface area (Å²) >= 11 is 0. The monoisotopic (exact) mass is 393 g/mol. The van der Waals surface area contributed by atoms with E-state index in [1.807, 2.05) is 69.3 Å².